The van der Waals surface area contributed by atoms with Crippen molar-refractivity contribution >= 4 is 11.8 Å². The first-order chi connectivity index (χ1) is 12.7. The molecule has 2 aromatic heterocycles. The lowest BCUT2D eigenvalue weighted by atomic mass is 9.95. The first-order valence-corrected chi connectivity index (χ1v) is 8.87. The molecule has 9 nitrogen and oxygen atoms in total. The summed E-state index contributed by atoms with van der Waals surface area (Å²) in [5.41, 5.74) is 0. The Labute approximate surface area is 150 Å². The Bertz CT molecular complexity index is 781. The molecule has 0 spiro atoms. The predicted octanol–water partition coefficient (Wildman–Crippen LogP) is 0.791. The third-order valence-electron chi connectivity index (χ3n) is 4.75. The molecule has 26 heavy (non-hydrogen) atoms. The highest BCUT2D eigenvalue weighted by Crippen LogP contribution is 2.32. The van der Waals surface area contributed by atoms with Crippen LogP contribution in [0.1, 0.15) is 31.6 Å². The van der Waals surface area contributed by atoms with Crippen LogP contribution in [0, 0.1) is 11.8 Å². The molecule has 2 amide bonds. The van der Waals surface area contributed by atoms with Gasteiger partial charge < -0.3 is 14.7 Å². The van der Waals surface area contributed by atoms with Crippen LogP contribution < -0.4 is 5.32 Å². The van der Waals surface area contributed by atoms with E-state index in [-0.39, 0.29) is 30.2 Å². The molecule has 2 aliphatic rings. The first kappa shape index (κ1) is 16.6. The second kappa shape index (κ2) is 7.19. The molecule has 1 saturated carbocycles. The molecule has 136 valence electrons. The number of nitrogens with one attached hydrogen (secondary N) is 1. The topological polar surface area (TPSA) is 114 Å². The van der Waals surface area contributed by atoms with Crippen LogP contribution in [0.15, 0.2) is 23.0 Å². The molecule has 0 bridgehead atoms. The van der Waals surface area contributed by atoms with Gasteiger partial charge in [0.25, 0.3) is 0 Å². The van der Waals surface area contributed by atoms with E-state index in [2.05, 4.69) is 25.4 Å². The van der Waals surface area contributed by atoms with Gasteiger partial charge in [-0.1, -0.05) is 5.16 Å². The standard InChI is InChI=1S/C17H20N6O3/c24-16(11-4-8-23(9-5-11)17(25)12-2-3-12)20-10-13-21-15(22-26-13)14-18-6-1-7-19-14/h1,6-7,11-12H,2-5,8-10H2,(H,20,24). The Hall–Kier alpha value is -2.84. The smallest absolute Gasteiger partial charge is 0.246 e. The molecule has 1 aliphatic heterocycles. The lowest BCUT2D eigenvalue weighted by Crippen LogP contribution is -2.43. The van der Waals surface area contributed by atoms with Crippen molar-refractivity contribution in [3.8, 4) is 11.6 Å². The van der Waals surface area contributed by atoms with Crippen molar-refractivity contribution in [1.29, 1.82) is 0 Å². The average Bonchev–Trinajstić information content (AvgIpc) is 3.44. The molecule has 2 fully saturated rings. The van der Waals surface area contributed by atoms with E-state index in [0.717, 1.165) is 12.8 Å². The van der Waals surface area contributed by atoms with Crippen LogP contribution >= 0.6 is 0 Å². The highest BCUT2D eigenvalue weighted by molar-refractivity contribution is 5.82. The van der Waals surface area contributed by atoms with Gasteiger partial charge in [0.2, 0.25) is 29.4 Å². The summed E-state index contributed by atoms with van der Waals surface area (Å²) in [4.78, 5) is 38.6. The van der Waals surface area contributed by atoms with E-state index in [4.69, 9.17) is 4.52 Å². The number of likely N-dealkylation sites (tertiary alicyclic amines) is 1. The number of aromatic nitrogens is 4. The van der Waals surface area contributed by atoms with E-state index in [1.807, 2.05) is 4.90 Å². The van der Waals surface area contributed by atoms with Crippen LogP contribution in [0.2, 0.25) is 0 Å². The zero-order valence-electron chi connectivity index (χ0n) is 14.3. The van der Waals surface area contributed by atoms with Crippen molar-refractivity contribution in [2.75, 3.05) is 13.1 Å². The fraction of sp³-hybridized carbons (Fsp3) is 0.529. The Morgan fingerprint density at radius 1 is 1.08 bits per heavy atom. The molecular weight excluding hydrogens is 336 g/mol. The van der Waals surface area contributed by atoms with E-state index in [9.17, 15) is 9.59 Å². The van der Waals surface area contributed by atoms with Crippen molar-refractivity contribution in [3.63, 3.8) is 0 Å². The normalized spacial score (nSPS) is 17.9. The summed E-state index contributed by atoms with van der Waals surface area (Å²) < 4.78 is 5.13. The monoisotopic (exact) mass is 356 g/mol. The molecule has 0 radical (unpaired) electrons. The summed E-state index contributed by atoms with van der Waals surface area (Å²) in [6, 6.07) is 1.70. The second-order valence-electron chi connectivity index (χ2n) is 6.68. The number of amides is 2. The fourth-order valence-electron chi connectivity index (χ4n) is 3.09. The quantitative estimate of drug-likeness (QED) is 0.842. The largest absolute Gasteiger partial charge is 0.347 e. The van der Waals surface area contributed by atoms with E-state index in [1.165, 1.54) is 0 Å². The number of hydrogen-bond acceptors (Lipinski definition) is 7. The molecule has 0 atom stereocenters. The van der Waals surface area contributed by atoms with Gasteiger partial charge in [0.05, 0.1) is 6.54 Å². The molecule has 1 saturated heterocycles. The molecular formula is C17H20N6O3. The molecule has 9 heteroatoms. The number of nitrogens with zero attached hydrogens (tertiary/aromatic N) is 5. The van der Waals surface area contributed by atoms with Crippen LogP contribution in [0.4, 0.5) is 0 Å². The highest BCUT2D eigenvalue weighted by atomic mass is 16.5. The van der Waals surface area contributed by atoms with Crippen LogP contribution in [0.3, 0.4) is 0 Å². The van der Waals surface area contributed by atoms with Crippen LogP contribution in [-0.2, 0) is 16.1 Å². The Balaban J connectivity index is 1.25. The lowest BCUT2D eigenvalue weighted by molar-refractivity contribution is -0.136. The average molecular weight is 356 g/mol. The number of carbonyl (C=O) groups is 2. The Kier molecular flexibility index (Phi) is 4.59. The third-order valence-corrected chi connectivity index (χ3v) is 4.75. The van der Waals surface area contributed by atoms with E-state index >= 15 is 0 Å². The van der Waals surface area contributed by atoms with Crippen molar-refractivity contribution in [2.45, 2.75) is 32.2 Å². The number of piperidine rings is 1. The molecule has 0 unspecified atom stereocenters. The minimum absolute atomic E-state index is 0.0424. The highest BCUT2D eigenvalue weighted by Gasteiger charge is 2.35. The molecule has 0 aromatic carbocycles. The molecule has 2 aromatic rings. The van der Waals surface area contributed by atoms with Crippen molar-refractivity contribution in [2.24, 2.45) is 11.8 Å². The maximum atomic E-state index is 12.3. The molecule has 1 aliphatic carbocycles. The fourth-order valence-corrected chi connectivity index (χ4v) is 3.09. The minimum Gasteiger partial charge on any atom is -0.347 e. The van der Waals surface area contributed by atoms with Crippen LogP contribution in [0.25, 0.3) is 11.6 Å². The summed E-state index contributed by atoms with van der Waals surface area (Å²) in [5, 5.41) is 6.66. The zero-order chi connectivity index (χ0) is 17.9. The number of rotatable bonds is 5. The van der Waals surface area contributed by atoms with E-state index in [1.54, 1.807) is 18.5 Å². The summed E-state index contributed by atoms with van der Waals surface area (Å²) in [6.45, 7) is 1.48. The van der Waals surface area contributed by atoms with Gasteiger partial charge in [-0.15, -0.1) is 0 Å². The van der Waals surface area contributed by atoms with Crippen LogP contribution in [0.5, 0.6) is 0 Å². The van der Waals surface area contributed by atoms with Gasteiger partial charge in [0.15, 0.2) is 0 Å². The predicted molar refractivity (Wildman–Crippen MR) is 89.2 cm³/mol. The van der Waals surface area contributed by atoms with Gasteiger partial charge in [-0.05, 0) is 31.7 Å². The van der Waals surface area contributed by atoms with Gasteiger partial charge in [-0.2, -0.15) is 4.98 Å². The SMILES string of the molecule is O=C(NCc1nc(-c2ncccn2)no1)C1CCN(C(=O)C2CC2)CC1. The maximum Gasteiger partial charge on any atom is 0.246 e. The summed E-state index contributed by atoms with van der Waals surface area (Å²) in [7, 11) is 0. The first-order valence-electron chi connectivity index (χ1n) is 8.87. The van der Waals surface area contributed by atoms with Gasteiger partial charge in [-0.25, -0.2) is 9.97 Å². The second-order valence-corrected chi connectivity index (χ2v) is 6.68. The van der Waals surface area contributed by atoms with E-state index < -0.39 is 0 Å². The molecule has 3 heterocycles. The van der Waals surface area contributed by atoms with E-state index in [0.29, 0.717) is 43.5 Å². The van der Waals surface area contributed by atoms with Crippen LogP contribution in [-0.4, -0.2) is 49.9 Å². The van der Waals surface area contributed by atoms with Gasteiger partial charge in [0, 0.05) is 37.3 Å². The molecule has 1 N–H and O–H groups in total. The maximum absolute atomic E-state index is 12.3. The van der Waals surface area contributed by atoms with Crippen molar-refractivity contribution in [1.82, 2.24) is 30.3 Å². The number of carbonyl (C=O) groups excluding carboxylic acids is 2. The zero-order valence-corrected chi connectivity index (χ0v) is 14.3. The van der Waals surface area contributed by atoms with Gasteiger partial charge >= 0.3 is 0 Å². The lowest BCUT2D eigenvalue weighted by Gasteiger charge is -2.31. The summed E-state index contributed by atoms with van der Waals surface area (Å²) in [5.74, 6) is 1.34. The molecule has 4 rings (SSSR count). The van der Waals surface area contributed by atoms with Gasteiger partial charge in [-0.3, -0.25) is 9.59 Å². The van der Waals surface area contributed by atoms with Crippen molar-refractivity contribution in [3.05, 3.63) is 24.4 Å². The number of hydrogen-bond donors (Lipinski definition) is 1. The summed E-state index contributed by atoms with van der Waals surface area (Å²) >= 11 is 0. The Morgan fingerprint density at radius 2 is 1.81 bits per heavy atom. The summed E-state index contributed by atoms with van der Waals surface area (Å²) in [6.07, 6.45) is 6.61. The van der Waals surface area contributed by atoms with Crippen molar-refractivity contribution < 1.29 is 14.1 Å². The third kappa shape index (κ3) is 3.71. The van der Waals surface area contributed by atoms with Gasteiger partial charge in [0.1, 0.15) is 0 Å². The minimum atomic E-state index is -0.0851. The Morgan fingerprint density at radius 3 is 2.50 bits per heavy atom.